The van der Waals surface area contributed by atoms with Gasteiger partial charge in [-0.25, -0.2) is 23.7 Å². The van der Waals surface area contributed by atoms with Gasteiger partial charge in [0.25, 0.3) is 0 Å². The second-order valence-corrected chi connectivity index (χ2v) is 14.2. The van der Waals surface area contributed by atoms with E-state index in [1.54, 1.807) is 10.8 Å². The molecule has 2 aromatic rings. The minimum Gasteiger partial charge on any atom is -0.383 e. The van der Waals surface area contributed by atoms with Gasteiger partial charge >= 0.3 is 23.5 Å². The zero-order valence-corrected chi connectivity index (χ0v) is 23.7. The Labute approximate surface area is 223 Å². The molecule has 1 fully saturated rings. The summed E-state index contributed by atoms with van der Waals surface area (Å²) in [5.74, 6) is 6.05. The van der Waals surface area contributed by atoms with E-state index in [4.69, 9.17) is 35.3 Å². The molecule has 0 saturated carbocycles. The third kappa shape index (κ3) is 8.73. The first kappa shape index (κ1) is 31.5. The summed E-state index contributed by atoms with van der Waals surface area (Å²) in [7, 11) is -13.7. The van der Waals surface area contributed by atoms with Gasteiger partial charge in [-0.2, -0.15) is 8.62 Å². The summed E-state index contributed by atoms with van der Waals surface area (Å²) >= 11 is 0. The molecule has 212 valence electrons. The zero-order valence-electron chi connectivity index (χ0n) is 19.4. The summed E-state index contributed by atoms with van der Waals surface area (Å²) in [4.78, 5) is 44.8. The van der Waals surface area contributed by atoms with Crippen molar-refractivity contribution >= 4 is 61.9 Å². The highest BCUT2D eigenvalue weighted by Gasteiger charge is 2.43. The highest BCUT2D eigenvalue weighted by Crippen LogP contribution is 2.66. The molecule has 8 N–H and O–H groups in total. The van der Waals surface area contributed by atoms with E-state index in [1.165, 1.54) is 27.9 Å². The maximum Gasteiger partial charge on any atom is 0.490 e. The van der Waals surface area contributed by atoms with Crippen LogP contribution in [0.2, 0.25) is 0 Å². The molecule has 1 saturated heterocycles. The van der Waals surface area contributed by atoms with E-state index < -0.39 is 48.5 Å². The van der Waals surface area contributed by atoms with Crippen LogP contribution in [0.5, 0.6) is 0 Å². The maximum atomic E-state index is 12.2. The van der Waals surface area contributed by atoms with Crippen LogP contribution in [-0.4, -0.2) is 71.7 Å². The molecule has 0 spiro atoms. The Morgan fingerprint density at radius 2 is 1.95 bits per heavy atom. The number of nitrogens with zero attached hydrogens (tertiary/aromatic N) is 3. The first-order valence-corrected chi connectivity index (χ1v) is 17.5. The second-order valence-electron chi connectivity index (χ2n) is 7.27. The minimum absolute atomic E-state index is 0.103. The smallest absolute Gasteiger partial charge is 0.383 e. The Bertz CT molecular complexity index is 1350. The van der Waals surface area contributed by atoms with E-state index in [2.05, 4.69) is 30.4 Å². The van der Waals surface area contributed by atoms with Gasteiger partial charge in [0.15, 0.2) is 0 Å². The predicted octanol–water partition coefficient (Wildman–Crippen LogP) is 1.31. The van der Waals surface area contributed by atoms with Crippen LogP contribution >= 0.6 is 45.1 Å². The molecular formula is C16H24N5O12P3S2. The van der Waals surface area contributed by atoms with Gasteiger partial charge in [-0.1, -0.05) is 33.4 Å². The molecule has 22 heteroatoms. The monoisotopic (exact) mass is 635 g/mol. The molecule has 0 bridgehead atoms. The van der Waals surface area contributed by atoms with E-state index in [0.29, 0.717) is 16.6 Å². The van der Waals surface area contributed by atoms with Gasteiger partial charge in [0.1, 0.15) is 36.1 Å². The van der Waals surface area contributed by atoms with Crippen molar-refractivity contribution in [2.24, 2.45) is 5.73 Å². The number of anilines is 1. The molecule has 0 radical (unpaired) electrons. The quantitative estimate of drug-likeness (QED) is 0.0631. The van der Waals surface area contributed by atoms with Crippen LogP contribution in [0.1, 0.15) is 18.2 Å². The Balaban J connectivity index is 1.82. The summed E-state index contributed by atoms with van der Waals surface area (Å²) in [6.07, 6.45) is 2.54. The Hall–Kier alpha value is -1.03. The van der Waals surface area contributed by atoms with Crippen LogP contribution in [0.4, 0.5) is 5.82 Å². The van der Waals surface area contributed by atoms with Crippen LogP contribution in [0.3, 0.4) is 0 Å². The van der Waals surface area contributed by atoms with Gasteiger partial charge in [-0.05, 0) is 6.26 Å². The van der Waals surface area contributed by atoms with Crippen LogP contribution < -0.4 is 11.5 Å². The van der Waals surface area contributed by atoms with Gasteiger partial charge < -0.3 is 45.1 Å². The van der Waals surface area contributed by atoms with Gasteiger partial charge in [0.05, 0.1) is 30.2 Å². The van der Waals surface area contributed by atoms with E-state index in [1.807, 2.05) is 6.26 Å². The predicted molar refractivity (Wildman–Crippen MR) is 137 cm³/mol. The molecule has 3 rings (SSSR count). The SMILES string of the molecule is CSSCO[C@@H]1C[C@H](n2cc(C#CCN)c3c(N)ncnc32)O[C@@H]1COP(=O)(O)OP(=O)(O)OP(=O)(O)O. The van der Waals surface area contributed by atoms with E-state index in [9.17, 15) is 23.5 Å². The number of ether oxygens (including phenoxy) is 2. The van der Waals surface area contributed by atoms with Crippen molar-refractivity contribution < 1.29 is 55.9 Å². The molecule has 0 aromatic carbocycles. The van der Waals surface area contributed by atoms with Crippen molar-refractivity contribution in [3.63, 3.8) is 0 Å². The number of fused-ring (bicyclic) bond motifs is 1. The molecule has 1 aliphatic rings. The fraction of sp³-hybridized carbons (Fsp3) is 0.500. The highest BCUT2D eigenvalue weighted by atomic mass is 33.1. The van der Waals surface area contributed by atoms with Gasteiger partial charge in [0, 0.05) is 12.6 Å². The van der Waals surface area contributed by atoms with Crippen LogP contribution in [0.25, 0.3) is 11.0 Å². The van der Waals surface area contributed by atoms with Crippen LogP contribution in [-0.2, 0) is 36.3 Å². The molecule has 17 nitrogen and oxygen atoms in total. The van der Waals surface area contributed by atoms with Crippen molar-refractivity contribution in [2.75, 3.05) is 31.1 Å². The molecule has 38 heavy (non-hydrogen) atoms. The van der Waals surface area contributed by atoms with E-state index in [0.717, 1.165) is 0 Å². The number of nitrogens with two attached hydrogens (primary N) is 2. The average molecular weight is 635 g/mol. The number of hydrogen-bond donors (Lipinski definition) is 6. The summed E-state index contributed by atoms with van der Waals surface area (Å²) < 4.78 is 60.3. The normalized spacial score (nSPS) is 23.1. The summed E-state index contributed by atoms with van der Waals surface area (Å²) in [6.45, 7) is -0.573. The Kier molecular flexibility index (Phi) is 10.8. The van der Waals surface area contributed by atoms with E-state index in [-0.39, 0.29) is 24.7 Å². The summed E-state index contributed by atoms with van der Waals surface area (Å²) in [6, 6.07) is 0. The molecule has 0 amide bonds. The van der Waals surface area contributed by atoms with Crippen LogP contribution in [0, 0.1) is 11.8 Å². The lowest BCUT2D eigenvalue weighted by molar-refractivity contribution is -0.0520. The molecule has 2 unspecified atom stereocenters. The zero-order chi connectivity index (χ0) is 28.1. The lowest BCUT2D eigenvalue weighted by Gasteiger charge is -2.21. The molecule has 3 heterocycles. The van der Waals surface area contributed by atoms with Crippen molar-refractivity contribution in [3.8, 4) is 11.8 Å². The number of nitrogen functional groups attached to an aromatic ring is 1. The van der Waals surface area contributed by atoms with Crippen molar-refractivity contribution in [3.05, 3.63) is 18.1 Å². The fourth-order valence-electron chi connectivity index (χ4n) is 3.40. The molecule has 1 aliphatic heterocycles. The van der Waals surface area contributed by atoms with E-state index >= 15 is 0 Å². The standard InChI is InChI=1S/C16H24N5O12P3S2/c1-37-38-9-29-11-5-13(21-6-10(3-2-4-17)14-15(18)19-8-20-16(14)21)31-12(11)7-30-35(25,26)33-36(27,28)32-34(22,23)24/h6,8,11-13H,4-5,7,9,17H2,1H3,(H,25,26)(H,27,28)(H2,18,19,20)(H2,22,23,24)/t11-,12-,13-/m1/s1. The largest absolute Gasteiger partial charge is 0.490 e. The second kappa shape index (κ2) is 13.1. The molecule has 5 atom stereocenters. The van der Waals surface area contributed by atoms with Gasteiger partial charge in [0.2, 0.25) is 0 Å². The third-order valence-corrected chi connectivity index (χ3v) is 9.99. The number of hydrogen-bond acceptors (Lipinski definition) is 14. The average Bonchev–Trinajstić information content (AvgIpc) is 3.36. The van der Waals surface area contributed by atoms with Crippen molar-refractivity contribution in [2.45, 2.75) is 24.9 Å². The summed E-state index contributed by atoms with van der Waals surface area (Å²) in [5, 5.41) is 0.476. The number of rotatable bonds is 12. The van der Waals surface area contributed by atoms with Gasteiger partial charge in [-0.15, -0.1) is 0 Å². The fourth-order valence-corrected chi connectivity index (χ4v) is 7.21. The number of aromatic nitrogens is 3. The number of phosphoric acid groups is 3. The maximum absolute atomic E-state index is 12.2. The molecule has 2 aromatic heterocycles. The summed E-state index contributed by atoms with van der Waals surface area (Å²) in [5.41, 5.74) is 12.4. The first-order chi connectivity index (χ1) is 17.8. The molecular weight excluding hydrogens is 611 g/mol. The molecule has 0 aliphatic carbocycles. The van der Waals surface area contributed by atoms with Crippen LogP contribution in [0.15, 0.2) is 12.5 Å². The van der Waals surface area contributed by atoms with Crippen molar-refractivity contribution in [1.29, 1.82) is 0 Å². The highest BCUT2D eigenvalue weighted by molar-refractivity contribution is 8.76. The lowest BCUT2D eigenvalue weighted by atomic mass is 10.2. The topological polar surface area (TPSA) is 261 Å². The first-order valence-electron chi connectivity index (χ1n) is 10.3. The Morgan fingerprint density at radius 1 is 1.21 bits per heavy atom. The third-order valence-electron chi connectivity index (χ3n) is 4.72. The van der Waals surface area contributed by atoms with Gasteiger partial charge in [-0.3, -0.25) is 4.52 Å². The number of phosphoric ester groups is 1. The lowest BCUT2D eigenvalue weighted by Crippen LogP contribution is -2.28. The Morgan fingerprint density at radius 3 is 2.61 bits per heavy atom. The minimum atomic E-state index is -5.66. The van der Waals surface area contributed by atoms with Crippen molar-refractivity contribution in [1.82, 2.24) is 14.5 Å².